The molecule has 4 nitrogen and oxygen atoms in total. The molecule has 0 spiro atoms. The lowest BCUT2D eigenvalue weighted by Crippen LogP contribution is -2.20. The van der Waals surface area contributed by atoms with Gasteiger partial charge in [0.25, 0.3) is 0 Å². The molecule has 0 bridgehead atoms. The van der Waals surface area contributed by atoms with Gasteiger partial charge in [-0.15, -0.1) is 0 Å². The lowest BCUT2D eigenvalue weighted by atomic mass is 10.0. The van der Waals surface area contributed by atoms with Gasteiger partial charge in [0.15, 0.2) is 0 Å². The molecule has 1 heterocycles. The summed E-state index contributed by atoms with van der Waals surface area (Å²) in [5.41, 5.74) is 4.51. The summed E-state index contributed by atoms with van der Waals surface area (Å²) in [4.78, 5) is 2.11. The molecule has 1 aliphatic carbocycles. The van der Waals surface area contributed by atoms with Crippen molar-refractivity contribution in [3.05, 3.63) is 34.9 Å². The molecule has 0 N–H and O–H groups in total. The zero-order valence-corrected chi connectivity index (χ0v) is 11.3. The number of likely N-dealkylation sites (N-methyl/N-ethyl adjacent to an activating group) is 1. The molecule has 1 aliphatic rings. The van der Waals surface area contributed by atoms with Crippen LogP contribution in [0.5, 0.6) is 0 Å². The molecule has 0 amide bonds. The molecule has 1 aromatic heterocycles. The summed E-state index contributed by atoms with van der Waals surface area (Å²) in [6, 6.07) is 6.93. The Morgan fingerprint density at radius 3 is 3.00 bits per heavy atom. The minimum Gasteiger partial charge on any atom is -0.348 e. The number of fused-ring (bicyclic) bond motifs is 1. The van der Waals surface area contributed by atoms with Crippen LogP contribution >= 0.6 is 11.5 Å². The van der Waals surface area contributed by atoms with E-state index >= 15 is 0 Å². The van der Waals surface area contributed by atoms with E-state index in [0.29, 0.717) is 0 Å². The zero-order valence-electron chi connectivity index (χ0n) is 10.5. The first-order valence-electron chi connectivity index (χ1n) is 6.30. The van der Waals surface area contributed by atoms with Gasteiger partial charge in [-0.25, -0.2) is 0 Å². The van der Waals surface area contributed by atoms with Crippen LogP contribution in [0.4, 0.5) is 5.13 Å². The maximum atomic E-state index is 3.97. The molecule has 3 rings (SSSR count). The molecular weight excluding hydrogens is 244 g/mol. The molecule has 0 aliphatic heterocycles. The van der Waals surface area contributed by atoms with Gasteiger partial charge in [-0.1, -0.05) is 27.8 Å². The number of nitrogens with zero attached hydrogens (tertiary/aromatic N) is 4. The van der Waals surface area contributed by atoms with Crippen molar-refractivity contribution in [3.63, 3.8) is 0 Å². The predicted molar refractivity (Wildman–Crippen MR) is 73.1 cm³/mol. The van der Waals surface area contributed by atoms with Gasteiger partial charge in [0, 0.05) is 25.1 Å². The van der Waals surface area contributed by atoms with Gasteiger partial charge in [-0.2, -0.15) is 0 Å². The van der Waals surface area contributed by atoms with Gasteiger partial charge in [0.2, 0.25) is 5.13 Å². The quantitative estimate of drug-likeness (QED) is 0.844. The van der Waals surface area contributed by atoms with Crippen molar-refractivity contribution in [1.82, 2.24) is 14.8 Å². The molecule has 5 heteroatoms. The Morgan fingerprint density at radius 1 is 1.28 bits per heavy atom. The number of rotatable bonds is 4. The second kappa shape index (κ2) is 5.02. The van der Waals surface area contributed by atoms with Crippen molar-refractivity contribution in [2.75, 3.05) is 18.5 Å². The maximum Gasteiger partial charge on any atom is 0.227 e. The molecule has 0 unspecified atom stereocenters. The van der Waals surface area contributed by atoms with Gasteiger partial charge < -0.3 is 4.90 Å². The molecular formula is C13H16N4S. The van der Waals surface area contributed by atoms with Crippen molar-refractivity contribution in [2.24, 2.45) is 0 Å². The zero-order chi connectivity index (χ0) is 12.4. The third kappa shape index (κ3) is 2.36. The van der Waals surface area contributed by atoms with Crippen LogP contribution in [0.1, 0.15) is 23.1 Å². The first kappa shape index (κ1) is 11.6. The number of aryl methyl sites for hydroxylation is 2. The van der Waals surface area contributed by atoms with E-state index in [1.807, 2.05) is 7.05 Å². The molecule has 94 valence electrons. The number of hydrogen-bond donors (Lipinski definition) is 0. The fourth-order valence-corrected chi connectivity index (χ4v) is 2.90. The van der Waals surface area contributed by atoms with E-state index in [4.69, 9.17) is 0 Å². The summed E-state index contributed by atoms with van der Waals surface area (Å²) in [5, 5.41) is 8.48. The van der Waals surface area contributed by atoms with E-state index < -0.39 is 0 Å². The average Bonchev–Trinajstić information content (AvgIpc) is 3.05. The highest BCUT2D eigenvalue weighted by Gasteiger charge is 2.11. The summed E-state index contributed by atoms with van der Waals surface area (Å²) in [5.74, 6) is 0. The Bertz CT molecular complexity index is 524. The van der Waals surface area contributed by atoms with E-state index in [2.05, 4.69) is 37.9 Å². The van der Waals surface area contributed by atoms with Crippen LogP contribution in [0.15, 0.2) is 18.2 Å². The van der Waals surface area contributed by atoms with Crippen LogP contribution in [0, 0.1) is 0 Å². The van der Waals surface area contributed by atoms with E-state index in [9.17, 15) is 0 Å². The van der Waals surface area contributed by atoms with E-state index in [1.165, 1.54) is 36.4 Å². The molecule has 0 radical (unpaired) electrons. The molecule has 18 heavy (non-hydrogen) atoms. The average molecular weight is 260 g/mol. The Kier molecular flexibility index (Phi) is 3.23. The molecule has 0 fully saturated rings. The van der Waals surface area contributed by atoms with Crippen LogP contribution in [0.2, 0.25) is 0 Å². The first-order chi connectivity index (χ1) is 8.83. The van der Waals surface area contributed by atoms with Gasteiger partial charge in [-0.3, -0.25) is 0 Å². The molecule has 2 aromatic rings. The van der Waals surface area contributed by atoms with Crippen molar-refractivity contribution >= 4 is 16.7 Å². The van der Waals surface area contributed by atoms with Crippen LogP contribution in [0.25, 0.3) is 0 Å². The highest BCUT2D eigenvalue weighted by molar-refractivity contribution is 7.09. The molecule has 0 saturated carbocycles. The summed E-state index contributed by atoms with van der Waals surface area (Å²) < 4.78 is 3.78. The highest BCUT2D eigenvalue weighted by atomic mass is 32.1. The Morgan fingerprint density at radius 2 is 2.17 bits per heavy atom. The molecule has 1 aromatic carbocycles. The summed E-state index contributed by atoms with van der Waals surface area (Å²) >= 11 is 1.34. The smallest absolute Gasteiger partial charge is 0.227 e. The lowest BCUT2D eigenvalue weighted by Gasteiger charge is -2.14. The van der Waals surface area contributed by atoms with Crippen molar-refractivity contribution in [2.45, 2.75) is 25.7 Å². The van der Waals surface area contributed by atoms with Gasteiger partial charge >= 0.3 is 0 Å². The number of hydrogen-bond acceptors (Lipinski definition) is 5. The summed E-state index contributed by atoms with van der Waals surface area (Å²) in [6.45, 7) is 0.954. The number of anilines is 1. The fraction of sp³-hybridized carbons (Fsp3) is 0.462. The van der Waals surface area contributed by atoms with Gasteiger partial charge in [-0.05, 0) is 47.6 Å². The largest absolute Gasteiger partial charge is 0.348 e. The van der Waals surface area contributed by atoms with Crippen LogP contribution in [-0.4, -0.2) is 28.4 Å². The Hall–Kier alpha value is -1.49. The van der Waals surface area contributed by atoms with Crippen LogP contribution < -0.4 is 4.90 Å². The van der Waals surface area contributed by atoms with Crippen molar-refractivity contribution in [1.29, 1.82) is 0 Å². The van der Waals surface area contributed by atoms with E-state index in [-0.39, 0.29) is 0 Å². The second-order valence-electron chi connectivity index (χ2n) is 4.77. The minimum atomic E-state index is 0.885. The SMILES string of the molecule is CN(CCc1ccc2c(c1)CCC2)c1nnns1. The third-order valence-electron chi connectivity index (χ3n) is 3.51. The van der Waals surface area contributed by atoms with E-state index in [0.717, 1.165) is 18.1 Å². The Labute approximate surface area is 111 Å². The maximum absolute atomic E-state index is 3.97. The predicted octanol–water partition coefficient (Wildman–Crippen LogP) is 2.10. The topological polar surface area (TPSA) is 41.9 Å². The second-order valence-corrected chi connectivity index (χ2v) is 5.48. The van der Waals surface area contributed by atoms with Crippen LogP contribution in [-0.2, 0) is 19.3 Å². The van der Waals surface area contributed by atoms with Crippen molar-refractivity contribution < 1.29 is 0 Å². The fourth-order valence-electron chi connectivity index (χ4n) is 2.45. The minimum absolute atomic E-state index is 0.885. The normalized spacial score (nSPS) is 13.6. The van der Waals surface area contributed by atoms with E-state index in [1.54, 1.807) is 11.1 Å². The molecule has 0 atom stereocenters. The van der Waals surface area contributed by atoms with Gasteiger partial charge in [0.05, 0.1) is 0 Å². The first-order valence-corrected chi connectivity index (χ1v) is 7.07. The monoisotopic (exact) mass is 260 g/mol. The highest BCUT2D eigenvalue weighted by Crippen LogP contribution is 2.23. The third-order valence-corrected chi connectivity index (χ3v) is 4.23. The standard InChI is InChI=1S/C13H16N4S/c1-17(13-14-15-16-18-13)8-7-10-5-6-11-3-2-4-12(11)9-10/h5-6,9H,2-4,7-8H2,1H3. The summed E-state index contributed by atoms with van der Waals surface area (Å²) in [6.07, 6.45) is 4.86. The lowest BCUT2D eigenvalue weighted by molar-refractivity contribution is 0.847. The van der Waals surface area contributed by atoms with Crippen LogP contribution in [0.3, 0.4) is 0 Å². The summed E-state index contributed by atoms with van der Waals surface area (Å²) in [7, 11) is 2.04. The molecule has 0 saturated heterocycles. The van der Waals surface area contributed by atoms with Gasteiger partial charge in [0.1, 0.15) is 0 Å². The van der Waals surface area contributed by atoms with Crippen molar-refractivity contribution in [3.8, 4) is 0 Å². The number of aromatic nitrogens is 3. The number of benzene rings is 1. The Balaban J connectivity index is 1.63.